The van der Waals surface area contributed by atoms with Crippen LogP contribution in [0.25, 0.3) is 0 Å². The number of piperazine rings is 1. The molecule has 1 saturated heterocycles. The average molecular weight is 258 g/mol. The van der Waals surface area contributed by atoms with Crippen LogP contribution >= 0.6 is 0 Å². The zero-order chi connectivity index (χ0) is 13.5. The van der Waals surface area contributed by atoms with Gasteiger partial charge in [-0.2, -0.15) is 5.26 Å². The van der Waals surface area contributed by atoms with Crippen LogP contribution in [0.1, 0.15) is 17.5 Å². The number of rotatable bonds is 5. The first-order valence-corrected chi connectivity index (χ1v) is 6.97. The third-order valence-electron chi connectivity index (χ3n) is 3.53. The van der Waals surface area contributed by atoms with Crippen molar-refractivity contribution in [1.82, 2.24) is 10.2 Å². The molecule has 0 atom stereocenters. The summed E-state index contributed by atoms with van der Waals surface area (Å²) in [6.45, 7) is 8.73. The summed E-state index contributed by atoms with van der Waals surface area (Å²) in [4.78, 5) is 2.50. The fourth-order valence-electron chi connectivity index (χ4n) is 2.39. The van der Waals surface area contributed by atoms with Crippen molar-refractivity contribution in [2.75, 3.05) is 44.6 Å². The molecule has 2 rings (SSSR count). The van der Waals surface area contributed by atoms with Crippen molar-refractivity contribution in [2.45, 2.75) is 13.3 Å². The highest BCUT2D eigenvalue weighted by atomic mass is 15.2. The van der Waals surface area contributed by atoms with Crippen molar-refractivity contribution < 1.29 is 0 Å². The minimum Gasteiger partial charge on any atom is -0.385 e. The predicted molar refractivity (Wildman–Crippen MR) is 78.3 cm³/mol. The topological polar surface area (TPSA) is 51.1 Å². The molecule has 1 aromatic rings. The Morgan fingerprint density at radius 3 is 2.84 bits per heavy atom. The van der Waals surface area contributed by atoms with Gasteiger partial charge in [-0.1, -0.05) is 0 Å². The number of hydrogen-bond acceptors (Lipinski definition) is 4. The Morgan fingerprint density at radius 2 is 2.16 bits per heavy atom. The second kappa shape index (κ2) is 7.13. The summed E-state index contributed by atoms with van der Waals surface area (Å²) in [5, 5.41) is 15.6. The molecule has 1 fully saturated rings. The summed E-state index contributed by atoms with van der Waals surface area (Å²) < 4.78 is 0. The molecule has 2 N–H and O–H groups in total. The average Bonchev–Trinajstić information content (AvgIpc) is 2.46. The van der Waals surface area contributed by atoms with Gasteiger partial charge in [-0.05, 0) is 43.7 Å². The van der Waals surface area contributed by atoms with Crippen molar-refractivity contribution in [2.24, 2.45) is 0 Å². The molecule has 0 radical (unpaired) electrons. The molecule has 1 aromatic carbocycles. The Balaban J connectivity index is 1.72. The van der Waals surface area contributed by atoms with Gasteiger partial charge >= 0.3 is 0 Å². The summed E-state index contributed by atoms with van der Waals surface area (Å²) >= 11 is 0. The van der Waals surface area contributed by atoms with Gasteiger partial charge in [0.2, 0.25) is 0 Å². The zero-order valence-corrected chi connectivity index (χ0v) is 11.6. The smallest absolute Gasteiger partial charge is 0.0991 e. The van der Waals surface area contributed by atoms with E-state index in [1.807, 2.05) is 25.1 Å². The molecule has 4 heteroatoms. The van der Waals surface area contributed by atoms with E-state index in [-0.39, 0.29) is 0 Å². The maximum atomic E-state index is 8.83. The van der Waals surface area contributed by atoms with E-state index < -0.39 is 0 Å². The molecule has 0 amide bonds. The highest BCUT2D eigenvalue weighted by molar-refractivity contribution is 5.53. The van der Waals surface area contributed by atoms with Crippen molar-refractivity contribution >= 4 is 5.69 Å². The van der Waals surface area contributed by atoms with E-state index in [1.165, 1.54) is 0 Å². The number of hydrogen-bond donors (Lipinski definition) is 2. The maximum Gasteiger partial charge on any atom is 0.0991 e. The largest absolute Gasteiger partial charge is 0.385 e. The van der Waals surface area contributed by atoms with Gasteiger partial charge in [-0.15, -0.1) is 0 Å². The second-order valence-electron chi connectivity index (χ2n) is 5.01. The molecule has 1 aliphatic heterocycles. The van der Waals surface area contributed by atoms with E-state index in [2.05, 4.69) is 21.6 Å². The predicted octanol–water partition coefficient (Wildman–Crippen LogP) is 1.57. The number of nitriles is 1. The second-order valence-corrected chi connectivity index (χ2v) is 5.01. The fourth-order valence-corrected chi connectivity index (χ4v) is 2.39. The molecule has 102 valence electrons. The molecule has 4 nitrogen and oxygen atoms in total. The van der Waals surface area contributed by atoms with Crippen LogP contribution in [0.15, 0.2) is 18.2 Å². The standard InChI is InChI=1S/C15H22N4/c1-13-11-14(12-16)3-4-15(13)18-5-2-8-19-9-6-17-7-10-19/h3-4,11,17-18H,2,5-10H2,1H3. The number of nitrogens with zero attached hydrogens (tertiary/aromatic N) is 2. The van der Waals surface area contributed by atoms with Crippen LogP contribution in [0.2, 0.25) is 0 Å². The Morgan fingerprint density at radius 1 is 1.37 bits per heavy atom. The summed E-state index contributed by atoms with van der Waals surface area (Å²) in [7, 11) is 0. The van der Waals surface area contributed by atoms with Crippen LogP contribution in [0.5, 0.6) is 0 Å². The Hall–Kier alpha value is -1.57. The van der Waals surface area contributed by atoms with E-state index in [9.17, 15) is 0 Å². The monoisotopic (exact) mass is 258 g/mol. The molecule has 1 aliphatic rings. The quantitative estimate of drug-likeness (QED) is 0.787. The molecule has 1 heterocycles. The molecule has 0 aliphatic carbocycles. The lowest BCUT2D eigenvalue weighted by Crippen LogP contribution is -2.44. The van der Waals surface area contributed by atoms with Gasteiger partial charge in [0.1, 0.15) is 0 Å². The number of benzene rings is 1. The van der Waals surface area contributed by atoms with Crippen LogP contribution in [0, 0.1) is 18.3 Å². The Labute approximate surface area is 115 Å². The van der Waals surface area contributed by atoms with Crippen molar-refractivity contribution in [3.05, 3.63) is 29.3 Å². The van der Waals surface area contributed by atoms with Gasteiger partial charge in [0.15, 0.2) is 0 Å². The molecule has 0 aromatic heterocycles. The van der Waals surface area contributed by atoms with Crippen LogP contribution in [0.3, 0.4) is 0 Å². The third kappa shape index (κ3) is 4.23. The summed E-state index contributed by atoms with van der Waals surface area (Å²) in [6, 6.07) is 7.96. The Kier molecular flexibility index (Phi) is 5.20. The summed E-state index contributed by atoms with van der Waals surface area (Å²) in [6.07, 6.45) is 1.15. The van der Waals surface area contributed by atoms with Gasteiger partial charge in [0, 0.05) is 38.4 Å². The Bertz CT molecular complexity index is 444. The number of nitrogens with one attached hydrogen (secondary N) is 2. The van der Waals surface area contributed by atoms with E-state index in [0.29, 0.717) is 0 Å². The van der Waals surface area contributed by atoms with Crippen molar-refractivity contribution in [3.63, 3.8) is 0 Å². The fraction of sp³-hybridized carbons (Fsp3) is 0.533. The van der Waals surface area contributed by atoms with Crippen molar-refractivity contribution in [1.29, 1.82) is 5.26 Å². The molecule has 0 unspecified atom stereocenters. The summed E-state index contributed by atoms with van der Waals surface area (Å²) in [5.41, 5.74) is 3.00. The van der Waals surface area contributed by atoms with Crippen LogP contribution in [0.4, 0.5) is 5.69 Å². The van der Waals surface area contributed by atoms with Crippen LogP contribution in [-0.4, -0.2) is 44.2 Å². The van der Waals surface area contributed by atoms with Crippen molar-refractivity contribution in [3.8, 4) is 6.07 Å². The SMILES string of the molecule is Cc1cc(C#N)ccc1NCCCN1CCNCC1. The lowest BCUT2D eigenvalue weighted by Gasteiger charge is -2.27. The number of anilines is 1. The van der Waals surface area contributed by atoms with Crippen LogP contribution in [-0.2, 0) is 0 Å². The van der Waals surface area contributed by atoms with E-state index in [4.69, 9.17) is 5.26 Å². The van der Waals surface area contributed by atoms with Crippen LogP contribution < -0.4 is 10.6 Å². The summed E-state index contributed by atoms with van der Waals surface area (Å²) in [5.74, 6) is 0. The highest BCUT2D eigenvalue weighted by Gasteiger charge is 2.08. The minimum atomic E-state index is 0.726. The van der Waals surface area contributed by atoms with Gasteiger partial charge in [-0.25, -0.2) is 0 Å². The maximum absolute atomic E-state index is 8.83. The highest BCUT2D eigenvalue weighted by Crippen LogP contribution is 2.15. The lowest BCUT2D eigenvalue weighted by atomic mass is 10.1. The molecule has 0 bridgehead atoms. The first-order valence-electron chi connectivity index (χ1n) is 6.97. The number of aryl methyl sites for hydroxylation is 1. The van der Waals surface area contributed by atoms with Gasteiger partial charge < -0.3 is 15.5 Å². The van der Waals surface area contributed by atoms with E-state index >= 15 is 0 Å². The zero-order valence-electron chi connectivity index (χ0n) is 11.6. The third-order valence-corrected chi connectivity index (χ3v) is 3.53. The minimum absolute atomic E-state index is 0.726. The van der Waals surface area contributed by atoms with Gasteiger partial charge in [0.25, 0.3) is 0 Å². The lowest BCUT2D eigenvalue weighted by molar-refractivity contribution is 0.240. The first-order chi connectivity index (χ1) is 9.29. The van der Waals surface area contributed by atoms with Gasteiger partial charge in [0.05, 0.1) is 11.6 Å². The van der Waals surface area contributed by atoms with Gasteiger partial charge in [-0.3, -0.25) is 0 Å². The molecule has 0 spiro atoms. The van der Waals surface area contributed by atoms with E-state index in [1.54, 1.807) is 0 Å². The molecule has 19 heavy (non-hydrogen) atoms. The van der Waals surface area contributed by atoms with E-state index in [0.717, 1.165) is 62.5 Å². The molecule has 0 saturated carbocycles. The normalized spacial score (nSPS) is 16.0. The molecular weight excluding hydrogens is 236 g/mol. The first kappa shape index (κ1) is 13.9. The molecular formula is C15H22N4.